The fraction of sp³-hybridized carbons (Fsp3) is 0.647. The van der Waals surface area contributed by atoms with Crippen molar-refractivity contribution in [3.63, 3.8) is 0 Å². The summed E-state index contributed by atoms with van der Waals surface area (Å²) in [5.74, 6) is 0.901. The molecule has 106 valence electrons. The van der Waals surface area contributed by atoms with Gasteiger partial charge in [-0.15, -0.1) is 0 Å². The maximum absolute atomic E-state index is 6.00. The molecule has 0 radical (unpaired) electrons. The van der Waals surface area contributed by atoms with Crippen molar-refractivity contribution >= 4 is 5.69 Å². The van der Waals surface area contributed by atoms with Crippen LogP contribution >= 0.6 is 0 Å². The zero-order chi connectivity index (χ0) is 13.7. The molecule has 1 unspecified atom stereocenters. The van der Waals surface area contributed by atoms with E-state index in [1.54, 1.807) is 0 Å². The molecular formula is C17H28N2. The number of benzene rings is 1. The molecule has 1 aromatic carbocycles. The lowest BCUT2D eigenvalue weighted by Crippen LogP contribution is -2.24. The summed E-state index contributed by atoms with van der Waals surface area (Å²) in [7, 11) is 2.21. The predicted molar refractivity (Wildman–Crippen MR) is 83.6 cm³/mol. The predicted octanol–water partition coefficient (Wildman–Crippen LogP) is 3.59. The summed E-state index contributed by atoms with van der Waals surface area (Å²) < 4.78 is 0. The smallest absolute Gasteiger partial charge is 0.0363 e. The summed E-state index contributed by atoms with van der Waals surface area (Å²) in [4.78, 5) is 2.40. The summed E-state index contributed by atoms with van der Waals surface area (Å²) in [6.45, 7) is 3.35. The van der Waals surface area contributed by atoms with Crippen LogP contribution in [-0.2, 0) is 6.42 Å². The first-order valence-electron chi connectivity index (χ1n) is 7.74. The van der Waals surface area contributed by atoms with Gasteiger partial charge in [0.05, 0.1) is 0 Å². The van der Waals surface area contributed by atoms with Crippen LogP contribution in [0.1, 0.15) is 44.6 Å². The van der Waals surface area contributed by atoms with E-state index < -0.39 is 0 Å². The van der Waals surface area contributed by atoms with Crippen LogP contribution in [0.2, 0.25) is 0 Å². The third kappa shape index (κ3) is 4.24. The summed E-state index contributed by atoms with van der Waals surface area (Å²) in [5.41, 5.74) is 8.69. The molecule has 19 heavy (non-hydrogen) atoms. The van der Waals surface area contributed by atoms with Crippen LogP contribution in [0.5, 0.6) is 0 Å². The minimum atomic E-state index is 0.294. The van der Waals surface area contributed by atoms with E-state index >= 15 is 0 Å². The number of hydrogen-bond acceptors (Lipinski definition) is 2. The Kier molecular flexibility index (Phi) is 5.26. The van der Waals surface area contributed by atoms with Crippen molar-refractivity contribution in [1.82, 2.24) is 0 Å². The molecule has 1 aliphatic rings. The number of anilines is 1. The van der Waals surface area contributed by atoms with Gasteiger partial charge in [0.25, 0.3) is 0 Å². The van der Waals surface area contributed by atoms with Crippen molar-refractivity contribution in [3.05, 3.63) is 29.8 Å². The molecule has 2 nitrogen and oxygen atoms in total. The van der Waals surface area contributed by atoms with E-state index in [2.05, 4.69) is 43.1 Å². The first kappa shape index (κ1) is 14.4. The normalized spacial score (nSPS) is 17.6. The fourth-order valence-electron chi connectivity index (χ4n) is 3.02. The minimum absolute atomic E-state index is 0.294. The molecule has 1 aliphatic carbocycles. The van der Waals surface area contributed by atoms with Gasteiger partial charge in [-0.3, -0.25) is 0 Å². The van der Waals surface area contributed by atoms with Gasteiger partial charge in [-0.25, -0.2) is 0 Å². The minimum Gasteiger partial charge on any atom is -0.374 e. The average molecular weight is 260 g/mol. The van der Waals surface area contributed by atoms with Gasteiger partial charge in [-0.2, -0.15) is 0 Å². The lowest BCUT2D eigenvalue weighted by molar-refractivity contribution is 0.547. The Morgan fingerprint density at radius 3 is 2.42 bits per heavy atom. The second-order valence-electron chi connectivity index (χ2n) is 6.07. The Labute approximate surface area is 118 Å². The van der Waals surface area contributed by atoms with Gasteiger partial charge in [0.1, 0.15) is 0 Å². The lowest BCUT2D eigenvalue weighted by Gasteiger charge is -2.23. The summed E-state index contributed by atoms with van der Waals surface area (Å²) in [6.07, 6.45) is 7.70. The van der Waals surface area contributed by atoms with Crippen molar-refractivity contribution in [1.29, 1.82) is 0 Å². The molecule has 0 amide bonds. The Hall–Kier alpha value is -1.02. The third-order valence-corrected chi connectivity index (χ3v) is 4.41. The molecule has 0 spiro atoms. The number of rotatable bonds is 6. The third-order valence-electron chi connectivity index (χ3n) is 4.41. The molecule has 0 aliphatic heterocycles. The molecule has 1 atom stereocenters. The van der Waals surface area contributed by atoms with Crippen LogP contribution in [-0.4, -0.2) is 19.6 Å². The maximum atomic E-state index is 6.00. The van der Waals surface area contributed by atoms with Crippen LogP contribution in [0, 0.1) is 5.92 Å². The Bertz CT molecular complexity index is 365. The number of nitrogens with two attached hydrogens (primary N) is 1. The van der Waals surface area contributed by atoms with Crippen molar-refractivity contribution in [2.75, 3.05) is 18.5 Å². The Morgan fingerprint density at radius 2 is 1.84 bits per heavy atom. The molecule has 2 heteroatoms. The molecule has 1 aromatic rings. The van der Waals surface area contributed by atoms with Gasteiger partial charge in [0.15, 0.2) is 0 Å². The quantitative estimate of drug-likeness (QED) is 0.847. The van der Waals surface area contributed by atoms with Gasteiger partial charge in [0, 0.05) is 25.3 Å². The first-order chi connectivity index (χ1) is 9.19. The van der Waals surface area contributed by atoms with Crippen LogP contribution in [0.25, 0.3) is 0 Å². The second kappa shape index (κ2) is 6.95. The first-order valence-corrected chi connectivity index (χ1v) is 7.74. The van der Waals surface area contributed by atoms with Gasteiger partial charge < -0.3 is 10.6 Å². The molecule has 2 rings (SSSR count). The molecule has 1 saturated carbocycles. The topological polar surface area (TPSA) is 29.3 Å². The van der Waals surface area contributed by atoms with Gasteiger partial charge in [0.2, 0.25) is 0 Å². The fourth-order valence-corrected chi connectivity index (χ4v) is 3.02. The van der Waals surface area contributed by atoms with E-state index in [4.69, 9.17) is 5.73 Å². The van der Waals surface area contributed by atoms with E-state index in [1.165, 1.54) is 43.5 Å². The highest BCUT2D eigenvalue weighted by atomic mass is 15.1. The summed E-state index contributed by atoms with van der Waals surface area (Å²) in [6, 6.07) is 9.24. The molecule has 0 aromatic heterocycles. The van der Waals surface area contributed by atoms with Gasteiger partial charge >= 0.3 is 0 Å². The second-order valence-corrected chi connectivity index (χ2v) is 6.07. The molecule has 0 heterocycles. The number of nitrogens with zero attached hydrogens (tertiary/aromatic N) is 1. The molecule has 0 saturated heterocycles. The Balaban J connectivity index is 1.89. The van der Waals surface area contributed by atoms with Crippen molar-refractivity contribution in [2.24, 2.45) is 11.7 Å². The summed E-state index contributed by atoms with van der Waals surface area (Å²) in [5, 5.41) is 0. The number of hydrogen-bond donors (Lipinski definition) is 1. The largest absolute Gasteiger partial charge is 0.374 e. The zero-order valence-corrected chi connectivity index (χ0v) is 12.4. The van der Waals surface area contributed by atoms with Crippen molar-refractivity contribution in [2.45, 2.75) is 51.5 Å². The molecule has 0 bridgehead atoms. The maximum Gasteiger partial charge on any atom is 0.0363 e. The Morgan fingerprint density at radius 1 is 1.21 bits per heavy atom. The van der Waals surface area contributed by atoms with Crippen molar-refractivity contribution in [3.8, 4) is 0 Å². The monoisotopic (exact) mass is 260 g/mol. The SMILES string of the molecule is CCC(N)Cc1ccc(N(C)CC2CCCC2)cc1. The molecular weight excluding hydrogens is 232 g/mol. The van der Waals surface area contributed by atoms with E-state index in [9.17, 15) is 0 Å². The highest BCUT2D eigenvalue weighted by Crippen LogP contribution is 2.27. The van der Waals surface area contributed by atoms with E-state index in [0.29, 0.717) is 6.04 Å². The van der Waals surface area contributed by atoms with Crippen LogP contribution < -0.4 is 10.6 Å². The standard InChI is InChI=1S/C17H28N2/c1-3-16(18)12-14-8-10-17(11-9-14)19(2)13-15-6-4-5-7-15/h8-11,15-16H,3-7,12-13,18H2,1-2H3. The van der Waals surface area contributed by atoms with E-state index in [0.717, 1.165) is 18.8 Å². The van der Waals surface area contributed by atoms with E-state index in [-0.39, 0.29) is 0 Å². The molecule has 2 N–H and O–H groups in total. The van der Waals surface area contributed by atoms with Crippen LogP contribution in [0.4, 0.5) is 5.69 Å². The lowest BCUT2D eigenvalue weighted by atomic mass is 10.0. The van der Waals surface area contributed by atoms with Crippen LogP contribution in [0.15, 0.2) is 24.3 Å². The highest BCUT2D eigenvalue weighted by molar-refractivity contribution is 5.47. The molecule has 1 fully saturated rings. The van der Waals surface area contributed by atoms with Crippen molar-refractivity contribution < 1.29 is 0 Å². The van der Waals surface area contributed by atoms with Gasteiger partial charge in [-0.1, -0.05) is 31.9 Å². The highest BCUT2D eigenvalue weighted by Gasteiger charge is 2.16. The van der Waals surface area contributed by atoms with E-state index in [1.807, 2.05) is 0 Å². The van der Waals surface area contributed by atoms with Gasteiger partial charge in [-0.05, 0) is 49.3 Å². The average Bonchev–Trinajstić information content (AvgIpc) is 2.92. The van der Waals surface area contributed by atoms with Crippen LogP contribution in [0.3, 0.4) is 0 Å². The zero-order valence-electron chi connectivity index (χ0n) is 12.4. The summed E-state index contributed by atoms with van der Waals surface area (Å²) >= 11 is 0.